The molecule has 3 aliphatic heterocycles. The van der Waals surface area contributed by atoms with Gasteiger partial charge in [0.25, 0.3) is 11.8 Å². The van der Waals surface area contributed by atoms with Gasteiger partial charge in [0, 0.05) is 42.2 Å². The molecule has 7 rings (SSSR count). The zero-order valence-electron chi connectivity index (χ0n) is 36.4. The lowest BCUT2D eigenvalue weighted by molar-refractivity contribution is -0.219. The molecule has 15 nitrogen and oxygen atoms in total. The molecule has 1 unspecified atom stereocenters. The van der Waals surface area contributed by atoms with E-state index in [-0.39, 0.29) is 48.8 Å². The van der Waals surface area contributed by atoms with Gasteiger partial charge in [-0.3, -0.25) is 28.9 Å². The highest BCUT2D eigenvalue weighted by Crippen LogP contribution is 2.52. The van der Waals surface area contributed by atoms with Crippen molar-refractivity contribution in [2.75, 3.05) is 37.9 Å². The molecule has 5 aliphatic rings. The molecule has 1 aromatic carbocycles. The molecule has 2 aromatic rings. The van der Waals surface area contributed by atoms with Gasteiger partial charge in [-0.1, -0.05) is 57.5 Å². The SMILES string of the molecule is CCC(C)N(C(=O)O)[C@@H]1C(=O)N2[C@@H](C[C@@](C)(Oc3ncc(N4CCOCC4)c4ccccc34)C2(F)F)C(=O)N[C@]2(C(=O)NS(=O)(=O)C3(CF)CC3)C[C@H]2/C=C\CC[C@H](C)C[C@H]1CC. The van der Waals surface area contributed by atoms with E-state index in [1.807, 2.05) is 11.6 Å². The smallest absolute Gasteiger partial charge is 0.408 e. The van der Waals surface area contributed by atoms with Crippen LogP contribution in [0, 0.1) is 17.8 Å². The number of carbonyl (C=O) groups excluding carboxylic acids is 3. The number of fused-ring (bicyclic) bond motifs is 3. The fourth-order valence-corrected chi connectivity index (χ4v) is 11.1. The number of pyridine rings is 1. The molecule has 4 heterocycles. The summed E-state index contributed by atoms with van der Waals surface area (Å²) in [6, 6.07) is -1.86. The number of anilines is 1. The van der Waals surface area contributed by atoms with Crippen LogP contribution in [-0.2, 0) is 29.1 Å². The molecule has 63 heavy (non-hydrogen) atoms. The van der Waals surface area contributed by atoms with Crippen molar-refractivity contribution in [3.63, 3.8) is 0 Å². The van der Waals surface area contributed by atoms with Crippen molar-refractivity contribution >= 4 is 50.3 Å². The number of ether oxygens (including phenoxy) is 2. The monoisotopic (exact) mass is 904 g/mol. The number of aromatic nitrogens is 1. The van der Waals surface area contributed by atoms with Crippen LogP contribution in [0.4, 0.5) is 23.7 Å². The summed E-state index contributed by atoms with van der Waals surface area (Å²) < 4.78 is 88.4. The number of rotatable bonds is 11. The predicted octanol–water partition coefficient (Wildman–Crippen LogP) is 5.78. The number of benzene rings is 1. The Balaban J connectivity index is 1.34. The van der Waals surface area contributed by atoms with Gasteiger partial charge in [0.2, 0.25) is 21.8 Å². The topological polar surface area (TPSA) is 188 Å². The van der Waals surface area contributed by atoms with Crippen LogP contribution < -0.4 is 19.7 Å². The average molecular weight is 905 g/mol. The van der Waals surface area contributed by atoms with E-state index in [0.29, 0.717) is 56.3 Å². The molecule has 2 saturated heterocycles. The van der Waals surface area contributed by atoms with E-state index in [9.17, 15) is 32.3 Å². The van der Waals surface area contributed by atoms with Crippen molar-refractivity contribution in [3.8, 4) is 5.88 Å². The summed E-state index contributed by atoms with van der Waals surface area (Å²) in [6.45, 7) is 8.92. The van der Waals surface area contributed by atoms with Crippen LogP contribution in [-0.4, -0.2) is 125 Å². The molecular formula is C44H59F3N6O9S. The Labute approximate surface area is 366 Å². The van der Waals surface area contributed by atoms with Gasteiger partial charge in [-0.15, -0.1) is 0 Å². The van der Waals surface area contributed by atoms with Crippen molar-refractivity contribution in [1.29, 1.82) is 0 Å². The maximum absolute atomic E-state index is 17.9. The number of carboxylic acid groups (broad SMARTS) is 1. The first kappa shape index (κ1) is 46.3. The van der Waals surface area contributed by atoms with Crippen LogP contribution >= 0.6 is 0 Å². The lowest BCUT2D eigenvalue weighted by atomic mass is 9.83. The second-order valence-corrected chi connectivity index (χ2v) is 20.4. The van der Waals surface area contributed by atoms with Crippen LogP contribution in [0.3, 0.4) is 0 Å². The second kappa shape index (κ2) is 17.4. The molecule has 3 N–H and O–H groups in total. The molecule has 4 amide bonds. The number of morpholine rings is 1. The minimum atomic E-state index is -4.55. The fraction of sp³-hybridized carbons (Fsp3) is 0.659. The number of carbonyl (C=O) groups is 4. The molecule has 4 fully saturated rings. The Hall–Kier alpha value is -4.65. The second-order valence-electron chi connectivity index (χ2n) is 18.3. The average Bonchev–Trinajstić information content (AvgIpc) is 4.18. The standard InChI is InChI=1S/C44H59F3N6O9S/c1-6-28(4)52(40(57)58)35-29(7-2)22-27(3)12-8-9-13-30-23-43(30,39(56)50-63(59,60)42(26-45)16-17-42)49-36(54)33-24-41(5,44(46,47)53(33)38(35)55)62-37-32-15-11-10-14-31(32)34(25-48-37)51-18-20-61-21-19-51/h9-11,13-15,25,27-30,33,35H,6-8,12,16-24,26H2,1-5H3,(H,49,54)(H,50,56)(H,57,58)/b13-9-/t27-,28?,29+,30+,33-,35-,41+,43+/m0/s1. The van der Waals surface area contributed by atoms with Crippen LogP contribution in [0.5, 0.6) is 5.88 Å². The number of sulfonamides is 1. The summed E-state index contributed by atoms with van der Waals surface area (Å²) in [6.07, 6.45) is 4.35. The molecule has 346 valence electrons. The minimum Gasteiger partial charge on any atom is -0.465 e. The first-order valence-electron chi connectivity index (χ1n) is 22.0. The van der Waals surface area contributed by atoms with Crippen LogP contribution in [0.25, 0.3) is 10.8 Å². The lowest BCUT2D eigenvalue weighted by Crippen LogP contribution is -2.65. The maximum Gasteiger partial charge on any atom is 0.408 e. The highest BCUT2D eigenvalue weighted by atomic mass is 32.2. The van der Waals surface area contributed by atoms with Gasteiger partial charge in [0.1, 0.15) is 29.0 Å². The zero-order chi connectivity index (χ0) is 45.7. The fourth-order valence-electron chi connectivity index (χ4n) is 9.62. The Kier molecular flexibility index (Phi) is 12.8. The van der Waals surface area contributed by atoms with E-state index in [2.05, 4.69) is 15.2 Å². The van der Waals surface area contributed by atoms with E-state index >= 15 is 13.6 Å². The van der Waals surface area contributed by atoms with Crippen LogP contribution in [0.1, 0.15) is 92.4 Å². The van der Waals surface area contributed by atoms with Crippen molar-refractivity contribution in [3.05, 3.63) is 42.6 Å². The number of hydrogen-bond donors (Lipinski definition) is 3. The van der Waals surface area contributed by atoms with E-state index in [4.69, 9.17) is 9.47 Å². The van der Waals surface area contributed by atoms with Gasteiger partial charge in [-0.05, 0) is 76.7 Å². The number of hydrogen-bond acceptors (Lipinski definition) is 10. The van der Waals surface area contributed by atoms with Gasteiger partial charge < -0.3 is 24.8 Å². The van der Waals surface area contributed by atoms with Crippen molar-refractivity contribution < 1.29 is 55.3 Å². The summed E-state index contributed by atoms with van der Waals surface area (Å²) in [4.78, 5) is 65.1. The normalized spacial score (nSPS) is 31.7. The third kappa shape index (κ3) is 8.32. The molecule has 0 spiro atoms. The van der Waals surface area contributed by atoms with Gasteiger partial charge in [-0.25, -0.2) is 22.6 Å². The van der Waals surface area contributed by atoms with Gasteiger partial charge in [-0.2, -0.15) is 8.78 Å². The van der Waals surface area contributed by atoms with Gasteiger partial charge in [0.05, 0.1) is 25.1 Å². The van der Waals surface area contributed by atoms with Gasteiger partial charge >= 0.3 is 12.1 Å². The summed E-state index contributed by atoms with van der Waals surface area (Å²) in [5.41, 5.74) is -3.89. The van der Waals surface area contributed by atoms with Crippen molar-refractivity contribution in [2.45, 2.75) is 132 Å². The number of alkyl halides is 3. The third-order valence-electron chi connectivity index (χ3n) is 14.1. The Morgan fingerprint density at radius 2 is 1.81 bits per heavy atom. The number of nitrogens with zero attached hydrogens (tertiary/aromatic N) is 4. The molecule has 19 heteroatoms. The van der Waals surface area contributed by atoms with Crippen LogP contribution in [0.15, 0.2) is 42.6 Å². The Morgan fingerprint density at radius 1 is 1.13 bits per heavy atom. The van der Waals surface area contributed by atoms with E-state index in [1.165, 1.54) is 6.20 Å². The highest BCUT2D eigenvalue weighted by Gasteiger charge is 2.71. The van der Waals surface area contributed by atoms with E-state index in [1.54, 1.807) is 57.2 Å². The molecule has 2 aliphatic carbocycles. The van der Waals surface area contributed by atoms with Crippen molar-refractivity contribution in [1.82, 2.24) is 24.8 Å². The van der Waals surface area contributed by atoms with E-state index < -0.39 is 98.8 Å². The predicted molar refractivity (Wildman–Crippen MR) is 227 cm³/mol. The Bertz CT molecular complexity index is 2240. The number of amides is 4. The number of halogens is 3. The van der Waals surface area contributed by atoms with Crippen LogP contribution in [0.2, 0.25) is 0 Å². The molecule has 0 bridgehead atoms. The first-order valence-corrected chi connectivity index (χ1v) is 23.5. The summed E-state index contributed by atoms with van der Waals surface area (Å²) in [5.74, 6) is -5.50. The largest absolute Gasteiger partial charge is 0.465 e. The van der Waals surface area contributed by atoms with Gasteiger partial charge in [0.15, 0.2) is 5.60 Å². The summed E-state index contributed by atoms with van der Waals surface area (Å²) in [5, 5.41) is 14.3. The quantitative estimate of drug-likeness (QED) is 0.184. The zero-order valence-corrected chi connectivity index (χ0v) is 37.3. The summed E-state index contributed by atoms with van der Waals surface area (Å²) in [7, 11) is -4.55. The summed E-state index contributed by atoms with van der Waals surface area (Å²) >= 11 is 0. The highest BCUT2D eigenvalue weighted by molar-refractivity contribution is 7.91. The lowest BCUT2D eigenvalue weighted by Gasteiger charge is -2.43. The molecule has 1 aromatic heterocycles. The number of nitrogens with one attached hydrogen (secondary N) is 2. The first-order chi connectivity index (χ1) is 29.8. The van der Waals surface area contributed by atoms with E-state index in [0.717, 1.165) is 17.5 Å². The maximum atomic E-state index is 17.9. The Morgan fingerprint density at radius 3 is 2.43 bits per heavy atom. The molecule has 2 saturated carbocycles. The van der Waals surface area contributed by atoms with Crippen molar-refractivity contribution in [2.24, 2.45) is 17.8 Å². The third-order valence-corrected chi connectivity index (χ3v) is 16.2. The number of allylic oxidation sites excluding steroid dienone is 1. The molecule has 0 radical (unpaired) electrons. The molecular weight excluding hydrogens is 846 g/mol. The minimum absolute atomic E-state index is 0.0101. The molecule has 8 atom stereocenters.